The van der Waals surface area contributed by atoms with Gasteiger partial charge in [0.1, 0.15) is 5.82 Å². The molecule has 0 radical (unpaired) electrons. The van der Waals surface area contributed by atoms with Gasteiger partial charge in [0.25, 0.3) is 0 Å². The van der Waals surface area contributed by atoms with Crippen LogP contribution in [-0.4, -0.2) is 19.0 Å². The number of hydrogen-bond acceptors (Lipinski definition) is 1. The molecular weight excluding hydrogens is 368 g/mol. The summed E-state index contributed by atoms with van der Waals surface area (Å²) in [4.78, 5) is 4.36. The van der Waals surface area contributed by atoms with E-state index in [4.69, 9.17) is 11.6 Å². The molecule has 0 aliphatic rings. The van der Waals surface area contributed by atoms with Crippen molar-refractivity contribution in [1.29, 1.82) is 0 Å². The molecule has 0 unspecified atom stereocenters. The van der Waals surface area contributed by atoms with E-state index in [-0.39, 0.29) is 29.0 Å². The van der Waals surface area contributed by atoms with E-state index in [1.54, 1.807) is 12.1 Å². The van der Waals surface area contributed by atoms with Gasteiger partial charge >= 0.3 is 0 Å². The summed E-state index contributed by atoms with van der Waals surface area (Å²) in [7, 11) is 0. The van der Waals surface area contributed by atoms with Crippen molar-refractivity contribution >= 4 is 41.5 Å². The van der Waals surface area contributed by atoms with Crippen LogP contribution in [0.4, 0.5) is 4.39 Å². The third-order valence-corrected chi connectivity index (χ3v) is 2.38. The smallest absolute Gasteiger partial charge is 0.191 e. The molecule has 1 aromatic rings. The molecule has 0 aliphatic heterocycles. The second-order valence-corrected chi connectivity index (χ2v) is 3.88. The summed E-state index contributed by atoms with van der Waals surface area (Å²) in [5.41, 5.74) is 0.879. The SMILES string of the molecule is CCNC(=NCc1ccc(F)c(Cl)c1)NCC.I. The first-order valence-electron chi connectivity index (χ1n) is 5.63. The van der Waals surface area contributed by atoms with Gasteiger partial charge in [-0.05, 0) is 31.5 Å². The van der Waals surface area contributed by atoms with Crippen LogP contribution in [0.25, 0.3) is 0 Å². The first kappa shape index (κ1) is 17.4. The molecule has 18 heavy (non-hydrogen) atoms. The monoisotopic (exact) mass is 385 g/mol. The number of benzene rings is 1. The van der Waals surface area contributed by atoms with Crippen LogP contribution in [0, 0.1) is 5.82 Å². The molecule has 102 valence electrons. The van der Waals surface area contributed by atoms with Crippen LogP contribution < -0.4 is 10.6 Å². The Balaban J connectivity index is 0.00000289. The van der Waals surface area contributed by atoms with Crippen LogP contribution in [0.1, 0.15) is 19.4 Å². The fourth-order valence-corrected chi connectivity index (χ4v) is 1.52. The predicted molar refractivity (Wildman–Crippen MR) is 85.3 cm³/mol. The Bertz CT molecular complexity index is 391. The number of guanidine groups is 1. The number of nitrogens with zero attached hydrogens (tertiary/aromatic N) is 1. The number of nitrogens with one attached hydrogen (secondary N) is 2. The molecule has 0 fully saturated rings. The summed E-state index contributed by atoms with van der Waals surface area (Å²) in [6, 6.07) is 4.63. The molecule has 0 saturated heterocycles. The van der Waals surface area contributed by atoms with Gasteiger partial charge in [-0.15, -0.1) is 24.0 Å². The Morgan fingerprint density at radius 2 is 1.89 bits per heavy atom. The van der Waals surface area contributed by atoms with Crippen molar-refractivity contribution in [3.63, 3.8) is 0 Å². The highest BCUT2D eigenvalue weighted by atomic mass is 127. The van der Waals surface area contributed by atoms with Gasteiger partial charge in [-0.3, -0.25) is 0 Å². The van der Waals surface area contributed by atoms with E-state index >= 15 is 0 Å². The molecule has 3 nitrogen and oxygen atoms in total. The van der Waals surface area contributed by atoms with E-state index in [1.807, 2.05) is 13.8 Å². The van der Waals surface area contributed by atoms with E-state index in [9.17, 15) is 4.39 Å². The summed E-state index contributed by atoms with van der Waals surface area (Å²) in [6.07, 6.45) is 0. The van der Waals surface area contributed by atoms with Crippen molar-refractivity contribution in [2.24, 2.45) is 4.99 Å². The lowest BCUT2D eigenvalue weighted by atomic mass is 10.2. The zero-order valence-corrected chi connectivity index (χ0v) is 13.6. The molecule has 2 N–H and O–H groups in total. The first-order valence-corrected chi connectivity index (χ1v) is 6.01. The highest BCUT2D eigenvalue weighted by Crippen LogP contribution is 2.16. The molecule has 0 atom stereocenters. The minimum absolute atomic E-state index is 0. The second-order valence-electron chi connectivity index (χ2n) is 3.47. The number of hydrogen-bond donors (Lipinski definition) is 2. The zero-order valence-electron chi connectivity index (χ0n) is 10.5. The Hall–Kier alpha value is -0.560. The van der Waals surface area contributed by atoms with Crippen LogP contribution in [0.2, 0.25) is 5.02 Å². The Kier molecular flexibility index (Phi) is 9.09. The van der Waals surface area contributed by atoms with Crippen molar-refractivity contribution in [3.05, 3.63) is 34.6 Å². The van der Waals surface area contributed by atoms with Crippen LogP contribution in [-0.2, 0) is 6.54 Å². The van der Waals surface area contributed by atoms with Crippen molar-refractivity contribution in [2.75, 3.05) is 13.1 Å². The standard InChI is InChI=1S/C12H17ClFN3.HI/c1-3-15-12(16-4-2)17-8-9-5-6-11(14)10(13)7-9;/h5-7H,3-4,8H2,1-2H3,(H2,15,16,17);1H. The lowest BCUT2D eigenvalue weighted by Crippen LogP contribution is -2.36. The minimum atomic E-state index is -0.405. The van der Waals surface area contributed by atoms with Gasteiger partial charge in [-0.1, -0.05) is 17.7 Å². The number of rotatable bonds is 4. The van der Waals surface area contributed by atoms with Gasteiger partial charge in [0.15, 0.2) is 5.96 Å². The maximum atomic E-state index is 12.9. The molecule has 0 spiro atoms. The second kappa shape index (κ2) is 9.38. The molecule has 1 rings (SSSR count). The molecule has 0 heterocycles. The molecular formula is C12H18ClFIN3. The van der Waals surface area contributed by atoms with Crippen LogP contribution in [0.5, 0.6) is 0 Å². The van der Waals surface area contributed by atoms with Gasteiger partial charge in [0.05, 0.1) is 11.6 Å². The Morgan fingerprint density at radius 1 is 1.28 bits per heavy atom. The van der Waals surface area contributed by atoms with Gasteiger partial charge in [-0.2, -0.15) is 0 Å². The van der Waals surface area contributed by atoms with E-state index < -0.39 is 5.82 Å². The maximum Gasteiger partial charge on any atom is 0.191 e. The van der Waals surface area contributed by atoms with Gasteiger partial charge in [0.2, 0.25) is 0 Å². The summed E-state index contributed by atoms with van der Waals surface area (Å²) >= 11 is 5.70. The molecule has 0 amide bonds. The minimum Gasteiger partial charge on any atom is -0.357 e. The zero-order chi connectivity index (χ0) is 12.7. The predicted octanol–water partition coefficient (Wildman–Crippen LogP) is 3.17. The fourth-order valence-electron chi connectivity index (χ4n) is 1.32. The largest absolute Gasteiger partial charge is 0.357 e. The summed E-state index contributed by atoms with van der Waals surface area (Å²) in [5, 5.41) is 6.35. The van der Waals surface area contributed by atoms with E-state index in [2.05, 4.69) is 15.6 Å². The van der Waals surface area contributed by atoms with Crippen molar-refractivity contribution in [3.8, 4) is 0 Å². The average Bonchev–Trinajstić information content (AvgIpc) is 2.31. The first-order chi connectivity index (χ1) is 8.17. The highest BCUT2D eigenvalue weighted by molar-refractivity contribution is 14.0. The fraction of sp³-hybridized carbons (Fsp3) is 0.417. The maximum absolute atomic E-state index is 12.9. The topological polar surface area (TPSA) is 36.4 Å². The third-order valence-electron chi connectivity index (χ3n) is 2.09. The Labute approximate surface area is 129 Å². The molecule has 0 aliphatic carbocycles. The van der Waals surface area contributed by atoms with Crippen LogP contribution in [0.15, 0.2) is 23.2 Å². The highest BCUT2D eigenvalue weighted by Gasteiger charge is 2.01. The van der Waals surface area contributed by atoms with Gasteiger partial charge < -0.3 is 10.6 Å². The van der Waals surface area contributed by atoms with Crippen molar-refractivity contribution in [2.45, 2.75) is 20.4 Å². The van der Waals surface area contributed by atoms with Crippen LogP contribution >= 0.6 is 35.6 Å². The number of aliphatic imine (C=N–C) groups is 1. The van der Waals surface area contributed by atoms with Crippen LogP contribution in [0.3, 0.4) is 0 Å². The average molecular weight is 386 g/mol. The van der Waals surface area contributed by atoms with Gasteiger partial charge in [-0.25, -0.2) is 9.38 Å². The molecule has 0 bridgehead atoms. The van der Waals surface area contributed by atoms with E-state index in [0.29, 0.717) is 6.54 Å². The summed E-state index contributed by atoms with van der Waals surface area (Å²) < 4.78 is 12.9. The molecule has 6 heteroatoms. The molecule has 1 aromatic carbocycles. The van der Waals surface area contributed by atoms with Crippen molar-refractivity contribution in [1.82, 2.24) is 10.6 Å². The molecule has 0 aromatic heterocycles. The number of halogens is 3. The lowest BCUT2D eigenvalue weighted by Gasteiger charge is -2.09. The Morgan fingerprint density at radius 3 is 2.39 bits per heavy atom. The molecule has 0 saturated carbocycles. The lowest BCUT2D eigenvalue weighted by molar-refractivity contribution is 0.627. The normalized spacial score (nSPS) is 9.33. The van der Waals surface area contributed by atoms with E-state index in [1.165, 1.54) is 6.07 Å². The summed E-state index contributed by atoms with van der Waals surface area (Å²) in [6.45, 7) is 6.07. The van der Waals surface area contributed by atoms with Crippen molar-refractivity contribution < 1.29 is 4.39 Å². The van der Waals surface area contributed by atoms with Gasteiger partial charge in [0, 0.05) is 13.1 Å². The third kappa shape index (κ3) is 5.86. The summed E-state index contributed by atoms with van der Waals surface area (Å²) in [5.74, 6) is 0.341. The quantitative estimate of drug-likeness (QED) is 0.474. The van der Waals surface area contributed by atoms with E-state index in [0.717, 1.165) is 24.6 Å².